The molecule has 2 heterocycles. The van der Waals surface area contributed by atoms with Crippen molar-refractivity contribution in [3.8, 4) is 23.1 Å². The molecule has 0 amide bonds. The number of ether oxygens (including phenoxy) is 1. The van der Waals surface area contributed by atoms with Crippen LogP contribution < -0.4 is 20.3 Å². The second-order valence-electron chi connectivity index (χ2n) is 11.6. The number of piperidine rings is 1. The number of nitriles is 1. The summed E-state index contributed by atoms with van der Waals surface area (Å²) in [6, 6.07) is 14.3. The van der Waals surface area contributed by atoms with Gasteiger partial charge in [-0.05, 0) is 68.1 Å². The molecule has 5 rings (SSSR count). The van der Waals surface area contributed by atoms with E-state index >= 15 is 0 Å². The minimum absolute atomic E-state index is 0.132. The van der Waals surface area contributed by atoms with Gasteiger partial charge in [-0.1, -0.05) is 24.4 Å². The van der Waals surface area contributed by atoms with Gasteiger partial charge in [0.25, 0.3) is 6.01 Å². The van der Waals surface area contributed by atoms with Gasteiger partial charge >= 0.3 is 30.7 Å². The van der Waals surface area contributed by atoms with Crippen LogP contribution in [0.1, 0.15) is 44.1 Å². The number of anilines is 2. The number of nitrogens with zero attached hydrogens (tertiary/aromatic N) is 3. The van der Waals surface area contributed by atoms with Crippen LogP contribution in [0.3, 0.4) is 0 Å². The maximum absolute atomic E-state index is 12.4. The Labute approximate surface area is 300 Å². The van der Waals surface area contributed by atoms with E-state index in [1.807, 2.05) is 12.1 Å². The van der Waals surface area contributed by atoms with Gasteiger partial charge in [-0.3, -0.25) is 0 Å². The molecule has 53 heavy (non-hydrogen) atoms. The molecule has 1 aliphatic heterocycles. The Morgan fingerprint density at radius 1 is 0.906 bits per heavy atom. The van der Waals surface area contributed by atoms with Crippen molar-refractivity contribution in [1.82, 2.24) is 10.3 Å². The molecular formula is C32H31ClF9N5O6. The van der Waals surface area contributed by atoms with Crippen LogP contribution in [0, 0.1) is 11.3 Å². The predicted molar refractivity (Wildman–Crippen MR) is 170 cm³/mol. The van der Waals surface area contributed by atoms with Gasteiger partial charge in [0.15, 0.2) is 5.76 Å². The van der Waals surface area contributed by atoms with E-state index < -0.39 is 30.7 Å². The molecular weight excluding hydrogens is 757 g/mol. The summed E-state index contributed by atoms with van der Waals surface area (Å²) in [7, 11) is 0. The third kappa shape index (κ3) is 13.9. The van der Waals surface area contributed by atoms with Crippen molar-refractivity contribution in [2.75, 3.05) is 23.3 Å². The van der Waals surface area contributed by atoms with Crippen LogP contribution >= 0.6 is 11.6 Å². The van der Waals surface area contributed by atoms with Crippen molar-refractivity contribution in [3.63, 3.8) is 0 Å². The lowest BCUT2D eigenvalue weighted by atomic mass is 9.89. The van der Waals surface area contributed by atoms with Crippen LogP contribution in [0.15, 0.2) is 53.1 Å². The minimum Gasteiger partial charge on any atom is -0.475 e. The van der Waals surface area contributed by atoms with E-state index in [1.165, 1.54) is 24.3 Å². The largest absolute Gasteiger partial charge is 0.573 e. The maximum atomic E-state index is 12.4. The number of halogens is 10. The summed E-state index contributed by atoms with van der Waals surface area (Å²) in [6.07, 6.45) is -6.97. The van der Waals surface area contributed by atoms with Gasteiger partial charge in [-0.2, -0.15) is 31.6 Å². The average Bonchev–Trinajstić information content (AvgIpc) is 3.53. The van der Waals surface area contributed by atoms with Crippen LogP contribution in [0.25, 0.3) is 11.3 Å². The summed E-state index contributed by atoms with van der Waals surface area (Å²) in [5.41, 5.74) is 2.10. The van der Waals surface area contributed by atoms with E-state index in [-0.39, 0.29) is 17.8 Å². The standard InChI is InChI=1S/C28H29ClF3N5O2.2C2HF3O2/c29-23-14-21(10-7-19(23)15-33)37-13-3-4-20(17-37)35-24-5-1-2-6-25(24)36-27-34-16-26(38-27)18-8-11-22(12-9-18)39-28(30,31)32;2*3-2(4,5)1(6)7/h7-12,14,16,20,24-25,35H,1-6,13,17H2,(H,34,36);2*(H,6,7)/t20-,24+,25+;;/m0../s1. The molecule has 0 bridgehead atoms. The number of nitrogens with one attached hydrogen (secondary N) is 2. The first-order chi connectivity index (χ1) is 24.7. The highest BCUT2D eigenvalue weighted by Crippen LogP contribution is 2.30. The van der Waals surface area contributed by atoms with Crippen LogP contribution in [0.2, 0.25) is 5.02 Å². The normalized spacial score (nSPS) is 19.0. The molecule has 21 heteroatoms. The molecule has 1 saturated heterocycles. The van der Waals surface area contributed by atoms with Crippen LogP contribution in [0.5, 0.6) is 5.75 Å². The molecule has 3 atom stereocenters. The molecule has 4 N–H and O–H groups in total. The Morgan fingerprint density at radius 2 is 1.49 bits per heavy atom. The number of alkyl halides is 9. The number of benzene rings is 2. The Hall–Kier alpha value is -4.90. The SMILES string of the molecule is N#Cc1ccc(N2CCC[C@H](N[C@@H]3CCCC[C@H]3Nc3ncc(-c4ccc(OC(F)(F)F)cc4)o3)C2)cc1Cl.O=C(O)C(F)(F)F.O=C(O)C(F)(F)F. The molecule has 0 spiro atoms. The number of hydrogen-bond donors (Lipinski definition) is 4. The lowest BCUT2D eigenvalue weighted by Crippen LogP contribution is -2.54. The Balaban J connectivity index is 0.000000458. The third-order valence-electron chi connectivity index (χ3n) is 7.75. The summed E-state index contributed by atoms with van der Waals surface area (Å²) in [5, 5.41) is 31.2. The Morgan fingerprint density at radius 3 is 2.02 bits per heavy atom. The molecule has 1 aromatic heterocycles. The number of oxazole rings is 1. The molecule has 1 aliphatic carbocycles. The number of carbonyl (C=O) groups is 2. The molecule has 3 aromatic rings. The van der Waals surface area contributed by atoms with Crippen molar-refractivity contribution in [3.05, 3.63) is 59.2 Å². The molecule has 2 aromatic carbocycles. The fraction of sp³-hybridized carbons (Fsp3) is 0.438. The fourth-order valence-corrected chi connectivity index (χ4v) is 5.62. The summed E-state index contributed by atoms with van der Waals surface area (Å²) >= 11 is 6.27. The second kappa shape index (κ2) is 18.2. The van der Waals surface area contributed by atoms with Crippen molar-refractivity contribution in [1.29, 1.82) is 5.26 Å². The van der Waals surface area contributed by atoms with Crippen LogP contribution in [-0.2, 0) is 9.59 Å². The molecule has 11 nitrogen and oxygen atoms in total. The first-order valence-electron chi connectivity index (χ1n) is 15.6. The highest BCUT2D eigenvalue weighted by Gasteiger charge is 2.39. The molecule has 2 fully saturated rings. The lowest BCUT2D eigenvalue weighted by molar-refractivity contribution is -0.274. The van der Waals surface area contributed by atoms with E-state index in [0.717, 1.165) is 57.3 Å². The lowest BCUT2D eigenvalue weighted by Gasteiger charge is -2.40. The summed E-state index contributed by atoms with van der Waals surface area (Å²) in [4.78, 5) is 24.5. The molecule has 0 radical (unpaired) electrons. The number of aliphatic carboxylic acids is 2. The van der Waals surface area contributed by atoms with Gasteiger partial charge in [0, 0.05) is 42.5 Å². The van der Waals surface area contributed by atoms with E-state index in [0.29, 0.717) is 34.0 Å². The number of hydrogen-bond acceptors (Lipinski definition) is 9. The highest BCUT2D eigenvalue weighted by molar-refractivity contribution is 6.32. The zero-order valence-electron chi connectivity index (χ0n) is 27.2. The predicted octanol–water partition coefficient (Wildman–Crippen LogP) is 8.01. The van der Waals surface area contributed by atoms with Crippen LogP contribution in [-0.4, -0.2) is 77.1 Å². The van der Waals surface area contributed by atoms with Gasteiger partial charge in [0.1, 0.15) is 11.8 Å². The topological polar surface area (TPSA) is 161 Å². The zero-order valence-corrected chi connectivity index (χ0v) is 27.9. The Bertz CT molecular complexity index is 1690. The molecule has 1 saturated carbocycles. The zero-order chi connectivity index (χ0) is 39.6. The van der Waals surface area contributed by atoms with Crippen molar-refractivity contribution in [2.45, 2.75) is 75.4 Å². The number of carboxylic acids is 2. The average molecular weight is 788 g/mol. The van der Waals surface area contributed by atoms with Gasteiger partial charge < -0.3 is 34.9 Å². The fourth-order valence-electron chi connectivity index (χ4n) is 5.40. The monoisotopic (exact) mass is 787 g/mol. The smallest absolute Gasteiger partial charge is 0.475 e. The molecule has 290 valence electrons. The summed E-state index contributed by atoms with van der Waals surface area (Å²) in [6.45, 7) is 1.79. The molecule has 2 aliphatic rings. The maximum Gasteiger partial charge on any atom is 0.573 e. The van der Waals surface area contributed by atoms with Crippen LogP contribution in [0.4, 0.5) is 51.2 Å². The van der Waals surface area contributed by atoms with Crippen molar-refractivity contribution < 1.29 is 68.5 Å². The first-order valence-corrected chi connectivity index (χ1v) is 15.9. The van der Waals surface area contributed by atoms with Crippen molar-refractivity contribution >= 4 is 35.2 Å². The summed E-state index contributed by atoms with van der Waals surface area (Å²) < 4.78 is 111. The quantitative estimate of drug-likeness (QED) is 0.172. The second-order valence-corrected chi connectivity index (χ2v) is 12.0. The number of aromatic nitrogens is 1. The third-order valence-corrected chi connectivity index (χ3v) is 8.06. The minimum atomic E-state index is -5.08. The van der Waals surface area contributed by atoms with Gasteiger partial charge in [-0.15, -0.1) is 13.2 Å². The van der Waals surface area contributed by atoms with Gasteiger partial charge in [0.2, 0.25) is 0 Å². The Kier molecular flexibility index (Phi) is 14.6. The summed E-state index contributed by atoms with van der Waals surface area (Å²) in [5.74, 6) is -5.34. The number of rotatable bonds is 7. The molecule has 0 unspecified atom stereocenters. The highest BCUT2D eigenvalue weighted by atomic mass is 35.5. The van der Waals surface area contributed by atoms with E-state index in [4.69, 9.17) is 41.1 Å². The number of carboxylic acid groups (broad SMARTS) is 2. The van der Waals surface area contributed by atoms with Gasteiger partial charge in [0.05, 0.1) is 16.8 Å². The van der Waals surface area contributed by atoms with Gasteiger partial charge in [-0.25, -0.2) is 14.6 Å². The van der Waals surface area contributed by atoms with Crippen molar-refractivity contribution in [2.24, 2.45) is 0 Å². The van der Waals surface area contributed by atoms with E-state index in [9.17, 15) is 39.5 Å². The van der Waals surface area contributed by atoms with E-state index in [2.05, 4.69) is 31.3 Å². The first kappa shape index (κ1) is 42.5. The van der Waals surface area contributed by atoms with E-state index in [1.54, 1.807) is 12.3 Å².